The van der Waals surface area contributed by atoms with Crippen molar-refractivity contribution in [3.05, 3.63) is 64.9 Å². The molecule has 0 bridgehead atoms. The maximum absolute atomic E-state index is 11.2. The summed E-state index contributed by atoms with van der Waals surface area (Å²) in [6, 6.07) is 15.9. The highest BCUT2D eigenvalue weighted by Gasteiger charge is 2.28. The number of nitrogens with zero attached hydrogens (tertiary/aromatic N) is 3. The summed E-state index contributed by atoms with van der Waals surface area (Å²) in [5.74, 6) is -0.0153. The van der Waals surface area contributed by atoms with Crippen LogP contribution in [0.15, 0.2) is 48.5 Å². The fraction of sp³-hybridized carbons (Fsp3) is 0.300. The molecule has 0 spiro atoms. The summed E-state index contributed by atoms with van der Waals surface area (Å²) >= 11 is 6.00. The van der Waals surface area contributed by atoms with Gasteiger partial charge in [0.25, 0.3) is 0 Å². The largest absolute Gasteiger partial charge is 0.481 e. The molecule has 1 aromatic heterocycles. The van der Waals surface area contributed by atoms with Gasteiger partial charge in [0, 0.05) is 18.1 Å². The van der Waals surface area contributed by atoms with E-state index in [-0.39, 0.29) is 5.92 Å². The third-order valence-electron chi connectivity index (χ3n) is 4.97. The first kappa shape index (κ1) is 17.1. The topological polar surface area (TPSA) is 58.4 Å². The maximum Gasteiger partial charge on any atom is 0.307 e. The zero-order valence-electron chi connectivity index (χ0n) is 14.3. The monoisotopic (exact) mass is 369 g/mol. The van der Waals surface area contributed by atoms with Gasteiger partial charge in [0.15, 0.2) is 0 Å². The van der Waals surface area contributed by atoms with Crippen molar-refractivity contribution in [2.45, 2.75) is 19.5 Å². The fourth-order valence-corrected chi connectivity index (χ4v) is 3.70. The lowest BCUT2D eigenvalue weighted by Crippen LogP contribution is -2.24. The smallest absolute Gasteiger partial charge is 0.307 e. The highest BCUT2D eigenvalue weighted by Crippen LogP contribution is 2.23. The molecular weight excluding hydrogens is 350 g/mol. The van der Waals surface area contributed by atoms with Crippen LogP contribution in [0, 0.1) is 5.92 Å². The Kier molecular flexibility index (Phi) is 4.66. The molecule has 0 saturated carbocycles. The van der Waals surface area contributed by atoms with Gasteiger partial charge in [0.05, 0.1) is 23.5 Å². The van der Waals surface area contributed by atoms with Crippen LogP contribution in [0.5, 0.6) is 0 Å². The Labute approximate surface area is 156 Å². The van der Waals surface area contributed by atoms with E-state index in [1.165, 1.54) is 0 Å². The van der Waals surface area contributed by atoms with Gasteiger partial charge in [-0.05, 0) is 42.8 Å². The van der Waals surface area contributed by atoms with Gasteiger partial charge in [-0.25, -0.2) is 4.98 Å². The summed E-state index contributed by atoms with van der Waals surface area (Å²) in [4.78, 5) is 18.2. The van der Waals surface area contributed by atoms with E-state index >= 15 is 0 Å². The van der Waals surface area contributed by atoms with Gasteiger partial charge in [-0.3, -0.25) is 9.69 Å². The number of aliphatic carboxylic acids is 1. The predicted molar refractivity (Wildman–Crippen MR) is 101 cm³/mol. The second-order valence-electron chi connectivity index (χ2n) is 6.79. The molecule has 26 heavy (non-hydrogen) atoms. The van der Waals surface area contributed by atoms with E-state index in [1.54, 1.807) is 0 Å². The van der Waals surface area contributed by atoms with Crippen molar-refractivity contribution in [2.24, 2.45) is 5.92 Å². The van der Waals surface area contributed by atoms with Crippen molar-refractivity contribution in [2.75, 3.05) is 13.1 Å². The van der Waals surface area contributed by atoms with Crippen LogP contribution in [-0.4, -0.2) is 38.6 Å². The average Bonchev–Trinajstić information content (AvgIpc) is 3.23. The number of para-hydroxylation sites is 2. The second-order valence-corrected chi connectivity index (χ2v) is 7.22. The van der Waals surface area contributed by atoms with Gasteiger partial charge in [-0.15, -0.1) is 0 Å². The number of likely N-dealkylation sites (tertiary alicyclic amines) is 1. The number of aromatic nitrogens is 2. The van der Waals surface area contributed by atoms with Crippen LogP contribution < -0.4 is 0 Å². The maximum atomic E-state index is 11.2. The minimum atomic E-state index is -0.706. The van der Waals surface area contributed by atoms with E-state index < -0.39 is 5.97 Å². The van der Waals surface area contributed by atoms with Gasteiger partial charge in [0.2, 0.25) is 0 Å². The Morgan fingerprint density at radius 1 is 1.15 bits per heavy atom. The third kappa shape index (κ3) is 3.45. The number of carboxylic acids is 1. The molecule has 1 aliphatic heterocycles. The van der Waals surface area contributed by atoms with Crippen LogP contribution >= 0.6 is 11.6 Å². The van der Waals surface area contributed by atoms with E-state index in [2.05, 4.69) is 15.5 Å². The van der Waals surface area contributed by atoms with Crippen molar-refractivity contribution >= 4 is 28.6 Å². The molecule has 0 radical (unpaired) electrons. The lowest BCUT2D eigenvalue weighted by atomic mass is 10.1. The summed E-state index contributed by atoms with van der Waals surface area (Å²) in [7, 11) is 0. The summed E-state index contributed by atoms with van der Waals surface area (Å²) in [6.07, 6.45) is 0.701. The van der Waals surface area contributed by atoms with Crippen molar-refractivity contribution in [3.63, 3.8) is 0 Å². The summed E-state index contributed by atoms with van der Waals surface area (Å²) < 4.78 is 2.21. The molecule has 2 aromatic carbocycles. The van der Waals surface area contributed by atoms with E-state index in [1.807, 2.05) is 42.5 Å². The van der Waals surface area contributed by atoms with E-state index in [4.69, 9.17) is 16.6 Å². The number of rotatable bonds is 5. The summed E-state index contributed by atoms with van der Waals surface area (Å²) in [5, 5.41) is 9.95. The molecular formula is C20H20ClN3O2. The van der Waals surface area contributed by atoms with E-state index in [0.29, 0.717) is 26.1 Å². The Morgan fingerprint density at radius 3 is 2.65 bits per heavy atom. The molecule has 1 unspecified atom stereocenters. The highest BCUT2D eigenvalue weighted by atomic mass is 35.5. The number of hydrogen-bond acceptors (Lipinski definition) is 3. The van der Waals surface area contributed by atoms with Crippen molar-refractivity contribution < 1.29 is 9.90 Å². The number of fused-ring (bicyclic) bond motifs is 1. The molecule has 1 saturated heterocycles. The Hall–Kier alpha value is -2.37. The van der Waals surface area contributed by atoms with Crippen molar-refractivity contribution in [1.82, 2.24) is 14.5 Å². The van der Waals surface area contributed by atoms with Crippen LogP contribution in [0.4, 0.5) is 0 Å². The quantitative estimate of drug-likeness (QED) is 0.745. The predicted octanol–water partition coefficient (Wildman–Crippen LogP) is 3.64. The van der Waals surface area contributed by atoms with Gasteiger partial charge >= 0.3 is 5.97 Å². The second kappa shape index (κ2) is 7.09. The number of halogens is 1. The van der Waals surface area contributed by atoms with E-state index in [9.17, 15) is 9.90 Å². The zero-order valence-corrected chi connectivity index (χ0v) is 15.1. The number of carbonyl (C=O) groups is 1. The van der Waals surface area contributed by atoms with Gasteiger partial charge in [-0.2, -0.15) is 0 Å². The molecule has 1 aliphatic rings. The molecule has 2 heterocycles. The zero-order chi connectivity index (χ0) is 18.1. The molecule has 1 N–H and O–H groups in total. The minimum Gasteiger partial charge on any atom is -0.481 e. The van der Waals surface area contributed by atoms with E-state index in [0.717, 1.165) is 34.0 Å². The molecule has 0 amide bonds. The highest BCUT2D eigenvalue weighted by molar-refractivity contribution is 6.30. The number of carboxylic acid groups (broad SMARTS) is 1. The van der Waals surface area contributed by atoms with Crippen LogP contribution in [0.2, 0.25) is 5.02 Å². The number of imidazole rings is 1. The van der Waals surface area contributed by atoms with Crippen LogP contribution in [0.25, 0.3) is 11.0 Å². The normalized spacial score (nSPS) is 17.8. The van der Waals surface area contributed by atoms with Crippen LogP contribution in [0.3, 0.4) is 0 Å². The first-order valence-electron chi connectivity index (χ1n) is 8.74. The SMILES string of the molecule is O=C(O)C1CCN(Cc2nc3ccccc3n2Cc2ccc(Cl)cc2)C1. The lowest BCUT2D eigenvalue weighted by Gasteiger charge is -2.16. The Bertz CT molecular complexity index is 936. The van der Waals surface area contributed by atoms with Gasteiger partial charge in [-0.1, -0.05) is 35.9 Å². The summed E-state index contributed by atoms with van der Waals surface area (Å²) in [5.41, 5.74) is 3.21. The first-order valence-corrected chi connectivity index (χ1v) is 9.12. The molecule has 6 heteroatoms. The first-order chi connectivity index (χ1) is 12.6. The molecule has 134 valence electrons. The van der Waals surface area contributed by atoms with Crippen LogP contribution in [-0.2, 0) is 17.9 Å². The van der Waals surface area contributed by atoms with Crippen molar-refractivity contribution in [1.29, 1.82) is 0 Å². The average molecular weight is 370 g/mol. The van der Waals surface area contributed by atoms with Crippen LogP contribution in [0.1, 0.15) is 17.8 Å². The third-order valence-corrected chi connectivity index (χ3v) is 5.23. The number of hydrogen-bond donors (Lipinski definition) is 1. The molecule has 1 fully saturated rings. The molecule has 5 nitrogen and oxygen atoms in total. The summed E-state index contributed by atoms with van der Waals surface area (Å²) in [6.45, 7) is 2.75. The molecule has 4 rings (SSSR count). The molecule has 3 aromatic rings. The minimum absolute atomic E-state index is 0.274. The fourth-order valence-electron chi connectivity index (χ4n) is 3.57. The Balaban J connectivity index is 1.63. The molecule has 1 atom stereocenters. The Morgan fingerprint density at radius 2 is 1.92 bits per heavy atom. The van der Waals surface area contributed by atoms with Gasteiger partial charge < -0.3 is 9.67 Å². The number of benzene rings is 2. The lowest BCUT2D eigenvalue weighted by molar-refractivity contribution is -0.141. The standard InChI is InChI=1S/C20H20ClN3O2/c21-16-7-5-14(6-8-16)11-24-18-4-2-1-3-17(18)22-19(24)13-23-10-9-15(12-23)20(25)26/h1-8,15H,9-13H2,(H,25,26). The van der Waals surface area contributed by atoms with Gasteiger partial charge in [0.1, 0.15) is 5.82 Å². The van der Waals surface area contributed by atoms with Crippen molar-refractivity contribution in [3.8, 4) is 0 Å². The molecule has 0 aliphatic carbocycles.